The number of aromatic nitrogens is 6. The molecular weight excluding hydrogens is 1030 g/mol. The first-order valence-corrected chi connectivity index (χ1v) is 27.1. The highest BCUT2D eigenvalue weighted by Gasteiger charge is 2.32. The number of halogens is 2. The van der Waals surface area contributed by atoms with Crippen LogP contribution in [0.25, 0.3) is 44.1 Å². The maximum absolute atomic E-state index is 14.1. The van der Waals surface area contributed by atoms with Crippen molar-refractivity contribution in [3.05, 3.63) is 219 Å². The Balaban J connectivity index is 0.000000184. The number of hydrogen-bond donors (Lipinski definition) is 2. The van der Waals surface area contributed by atoms with Crippen LogP contribution < -0.4 is 16.0 Å². The molecule has 0 aliphatic carbocycles. The summed E-state index contributed by atoms with van der Waals surface area (Å²) in [5.41, 5.74) is 11.2. The molecule has 0 saturated carbocycles. The zero-order chi connectivity index (χ0) is 53.0. The summed E-state index contributed by atoms with van der Waals surface area (Å²) in [6.45, 7) is 2.39. The number of nitrogens with one attached hydrogen (secondary N) is 1. The third-order valence-corrected chi connectivity index (χ3v) is 16.0. The Kier molecular flexibility index (Phi) is 15.0. The molecule has 0 spiro atoms. The lowest BCUT2D eigenvalue weighted by atomic mass is 10.0. The van der Waals surface area contributed by atoms with Crippen molar-refractivity contribution in [2.45, 2.75) is 29.8 Å². The molecular formula is C56H45Cl2N7O8S2. The first-order valence-electron chi connectivity index (χ1n) is 23.1. The Hall–Kier alpha value is -8.22. The van der Waals surface area contributed by atoms with Crippen molar-refractivity contribution < 1.29 is 31.2 Å². The van der Waals surface area contributed by atoms with Gasteiger partial charge in [0.15, 0.2) is 31.2 Å². The minimum atomic E-state index is -3.96. The Bertz CT molecular complexity index is 4110. The van der Waals surface area contributed by atoms with Gasteiger partial charge < -0.3 is 24.6 Å². The van der Waals surface area contributed by atoms with Gasteiger partial charge in [-0.1, -0.05) is 59.6 Å². The van der Waals surface area contributed by atoms with E-state index >= 15 is 0 Å². The van der Waals surface area contributed by atoms with Crippen LogP contribution >= 0.6 is 23.2 Å². The molecule has 4 aromatic carbocycles. The molecule has 0 atom stereocenters. The molecule has 0 bridgehead atoms. The average molecular weight is 1080 g/mol. The molecule has 15 nitrogen and oxygen atoms in total. The van der Waals surface area contributed by atoms with E-state index in [2.05, 4.69) is 19.9 Å². The maximum atomic E-state index is 14.1. The van der Waals surface area contributed by atoms with Crippen LogP contribution in [0.1, 0.15) is 37.8 Å². The molecule has 10 rings (SSSR count). The van der Waals surface area contributed by atoms with Crippen molar-refractivity contribution in [1.82, 2.24) is 29.1 Å². The SMILES string of the molecule is COc1ncccc1-c1c(C(=O)CS(=O)(=O)c2ccccc2)n(Cc2ccnc(C)c2)c2ccc(Cl)cc12.Nc1cc(Cn2c(C(=O)CS(=O)(=O)c3ccccc3)c(-c3ccc[nH]c3=O)c3cc(Cl)ccc32)ccn1. The van der Waals surface area contributed by atoms with Crippen molar-refractivity contribution >= 4 is 82.1 Å². The van der Waals surface area contributed by atoms with Crippen LogP contribution in [0, 0.1) is 6.92 Å². The summed E-state index contributed by atoms with van der Waals surface area (Å²) in [6, 6.07) is 40.2. The molecule has 0 saturated heterocycles. The van der Waals surface area contributed by atoms with Crippen LogP contribution in [0.3, 0.4) is 0 Å². The number of aryl methyl sites for hydroxylation is 1. The van der Waals surface area contributed by atoms with Gasteiger partial charge in [-0.05, 0) is 127 Å². The number of benzene rings is 4. The minimum Gasteiger partial charge on any atom is -0.481 e. The van der Waals surface area contributed by atoms with E-state index < -0.39 is 48.3 Å². The van der Waals surface area contributed by atoms with Gasteiger partial charge in [0, 0.05) is 97.7 Å². The molecule has 10 aromatic rings. The second-order valence-corrected chi connectivity index (χ2v) is 22.2. The fourth-order valence-corrected chi connectivity index (χ4v) is 11.8. The molecule has 19 heteroatoms. The van der Waals surface area contributed by atoms with Gasteiger partial charge in [-0.2, -0.15) is 0 Å². The summed E-state index contributed by atoms with van der Waals surface area (Å²) in [6.07, 6.45) is 6.34. The van der Waals surface area contributed by atoms with Gasteiger partial charge in [-0.25, -0.2) is 26.8 Å². The van der Waals surface area contributed by atoms with E-state index in [0.29, 0.717) is 61.3 Å². The average Bonchev–Trinajstić information content (AvgIpc) is 3.88. The molecule has 75 heavy (non-hydrogen) atoms. The number of anilines is 1. The largest absolute Gasteiger partial charge is 0.481 e. The smallest absolute Gasteiger partial charge is 0.255 e. The lowest BCUT2D eigenvalue weighted by molar-refractivity contribution is 0.100. The van der Waals surface area contributed by atoms with Gasteiger partial charge in [0.05, 0.1) is 28.3 Å². The summed E-state index contributed by atoms with van der Waals surface area (Å²) >= 11 is 12.7. The number of fused-ring (bicyclic) bond motifs is 2. The van der Waals surface area contributed by atoms with Crippen LogP contribution in [0.15, 0.2) is 185 Å². The number of methoxy groups -OCH3 is 1. The monoisotopic (exact) mass is 1080 g/mol. The Labute approximate surface area is 441 Å². The number of sulfone groups is 2. The molecule has 0 aliphatic heterocycles. The molecule has 3 N–H and O–H groups in total. The van der Waals surface area contributed by atoms with Crippen molar-refractivity contribution in [2.75, 3.05) is 24.3 Å². The predicted molar refractivity (Wildman–Crippen MR) is 291 cm³/mol. The van der Waals surface area contributed by atoms with E-state index in [4.69, 9.17) is 33.7 Å². The first-order chi connectivity index (χ1) is 36.0. The number of nitrogens with two attached hydrogens (primary N) is 1. The third-order valence-electron chi connectivity index (χ3n) is 12.2. The molecule has 0 fully saturated rings. The van der Waals surface area contributed by atoms with Gasteiger partial charge in [0.25, 0.3) is 5.56 Å². The number of Topliss-reactive ketones (excluding diaryl/α,β-unsaturated/α-hetero) is 2. The maximum Gasteiger partial charge on any atom is 0.255 e. The van der Waals surface area contributed by atoms with Gasteiger partial charge in [0.2, 0.25) is 5.88 Å². The van der Waals surface area contributed by atoms with E-state index in [1.165, 1.54) is 37.6 Å². The summed E-state index contributed by atoms with van der Waals surface area (Å²) in [4.78, 5) is 56.2. The molecule has 378 valence electrons. The number of pyridine rings is 4. The third kappa shape index (κ3) is 11.0. The second-order valence-electron chi connectivity index (χ2n) is 17.3. The van der Waals surface area contributed by atoms with Gasteiger partial charge >= 0.3 is 0 Å². The fraction of sp³-hybridized carbons (Fsp3) is 0.107. The highest BCUT2D eigenvalue weighted by Crippen LogP contribution is 2.41. The zero-order valence-electron chi connectivity index (χ0n) is 40.1. The molecule has 0 aliphatic rings. The van der Waals surface area contributed by atoms with Crippen molar-refractivity contribution in [1.29, 1.82) is 0 Å². The topological polar surface area (TPSA) is 219 Å². The number of aromatic amines is 1. The Morgan fingerprint density at radius 3 is 1.61 bits per heavy atom. The van der Waals surface area contributed by atoms with E-state index in [1.54, 1.807) is 126 Å². The van der Waals surface area contributed by atoms with Crippen molar-refractivity contribution in [3.63, 3.8) is 0 Å². The lowest BCUT2D eigenvalue weighted by Crippen LogP contribution is -2.21. The quantitative estimate of drug-likeness (QED) is 0.0917. The highest BCUT2D eigenvalue weighted by molar-refractivity contribution is 7.92. The van der Waals surface area contributed by atoms with Crippen molar-refractivity contribution in [3.8, 4) is 28.1 Å². The predicted octanol–water partition coefficient (Wildman–Crippen LogP) is 10.1. The number of nitrogens with zero attached hydrogens (tertiary/aromatic N) is 5. The number of nitrogen functional groups attached to an aromatic ring is 1. The molecule has 0 amide bonds. The molecule has 0 unspecified atom stereocenters. The van der Waals surface area contributed by atoms with Gasteiger partial charge in [-0.15, -0.1) is 0 Å². The molecule has 6 aromatic heterocycles. The molecule has 6 heterocycles. The Morgan fingerprint density at radius 1 is 0.600 bits per heavy atom. The number of hydrogen-bond acceptors (Lipinski definition) is 12. The summed E-state index contributed by atoms with van der Waals surface area (Å²) in [7, 11) is -6.37. The normalized spacial score (nSPS) is 11.6. The summed E-state index contributed by atoms with van der Waals surface area (Å²) in [5.74, 6) is -2.07. The highest BCUT2D eigenvalue weighted by atomic mass is 35.5. The lowest BCUT2D eigenvalue weighted by Gasteiger charge is -2.14. The number of carbonyl (C=O) groups is 2. The van der Waals surface area contributed by atoms with Gasteiger partial charge in [0.1, 0.15) is 17.3 Å². The number of carbonyl (C=O) groups excluding carboxylic acids is 2. The second kappa shape index (κ2) is 21.7. The van der Waals surface area contributed by atoms with E-state index in [0.717, 1.165) is 22.3 Å². The van der Waals surface area contributed by atoms with Crippen LogP contribution in [0.2, 0.25) is 10.0 Å². The van der Waals surface area contributed by atoms with E-state index in [-0.39, 0.29) is 33.3 Å². The number of ether oxygens (including phenoxy) is 1. The zero-order valence-corrected chi connectivity index (χ0v) is 43.3. The van der Waals surface area contributed by atoms with Crippen LogP contribution in [-0.4, -0.2) is 76.1 Å². The van der Waals surface area contributed by atoms with Crippen molar-refractivity contribution in [2.24, 2.45) is 0 Å². The van der Waals surface area contributed by atoms with Crippen LogP contribution in [0.5, 0.6) is 5.88 Å². The molecule has 0 radical (unpaired) electrons. The van der Waals surface area contributed by atoms with E-state index in [9.17, 15) is 31.2 Å². The summed E-state index contributed by atoms with van der Waals surface area (Å²) in [5, 5.41) is 2.12. The number of ketones is 2. The number of rotatable bonds is 15. The van der Waals surface area contributed by atoms with Crippen LogP contribution in [-0.2, 0) is 32.8 Å². The number of H-pyrrole nitrogens is 1. The standard InChI is InChI=1S/C29H24ClN3O4S.C27H21ClN4O4S/c1-19-15-20(12-14-31-19)17-33-25-11-10-21(30)16-24(25)27(23-9-6-13-32-29(23)37-2)28(33)26(34)18-38(35,36)22-7-4-3-5-8-22;28-18-8-9-22-21(14-18)25(20-7-4-11-31-27(20)34)26(32(22)15-17-10-12-30-24(29)13-17)23(33)16-37(35,36)19-5-2-1-3-6-19/h3-16H,17-18H2,1-2H3;1-14H,15-16H2,(H2,29,30)(H,31,34). The van der Waals surface area contributed by atoms with E-state index in [1.807, 2.05) is 29.7 Å². The Morgan fingerprint density at radius 2 is 1.11 bits per heavy atom. The van der Waals surface area contributed by atoms with Gasteiger partial charge in [-0.3, -0.25) is 19.4 Å². The fourth-order valence-electron chi connectivity index (χ4n) is 9.03. The minimum absolute atomic E-state index is 0.0371. The van der Waals surface area contributed by atoms with Crippen LogP contribution in [0.4, 0.5) is 5.82 Å². The first kappa shape index (κ1) is 51.7. The summed E-state index contributed by atoms with van der Waals surface area (Å²) < 4.78 is 62.0.